The molecule has 0 saturated carbocycles. The number of nitrogens with zero attached hydrogens (tertiary/aromatic N) is 1. The highest BCUT2D eigenvalue weighted by atomic mass is 16.1. The number of nitrogens with one attached hydrogen (secondary N) is 1. The van der Waals surface area contributed by atoms with Crippen LogP contribution in [0.15, 0.2) is 24.3 Å². The highest BCUT2D eigenvalue weighted by Gasteiger charge is 2.13. The second-order valence-corrected chi connectivity index (χ2v) is 4.42. The number of rotatable bonds is 2. The van der Waals surface area contributed by atoms with E-state index in [4.69, 9.17) is 0 Å². The summed E-state index contributed by atoms with van der Waals surface area (Å²) < 4.78 is 0. The monoisotopic (exact) mass is 232 g/mol. The van der Waals surface area contributed by atoms with E-state index in [0.717, 1.165) is 32.5 Å². The maximum absolute atomic E-state index is 11.3. The minimum atomic E-state index is 0.188. The predicted octanol–water partition coefficient (Wildman–Crippen LogP) is 1.97. The molecule has 0 bridgehead atoms. The van der Waals surface area contributed by atoms with Crippen LogP contribution in [0.4, 0.5) is 5.69 Å². The lowest BCUT2D eigenvalue weighted by molar-refractivity contribution is -0.121. The van der Waals surface area contributed by atoms with Crippen molar-refractivity contribution in [1.29, 1.82) is 0 Å². The molecule has 17 heavy (non-hydrogen) atoms. The van der Waals surface area contributed by atoms with Crippen molar-refractivity contribution in [3.63, 3.8) is 0 Å². The summed E-state index contributed by atoms with van der Waals surface area (Å²) in [6, 6.07) is 8.55. The van der Waals surface area contributed by atoms with Gasteiger partial charge in [-0.05, 0) is 24.5 Å². The predicted molar refractivity (Wildman–Crippen MR) is 70.3 cm³/mol. The van der Waals surface area contributed by atoms with Gasteiger partial charge in [0, 0.05) is 31.7 Å². The summed E-state index contributed by atoms with van der Waals surface area (Å²) in [5, 5.41) is 2.94. The Hall–Kier alpha value is -1.51. The van der Waals surface area contributed by atoms with Crippen LogP contribution in [0.3, 0.4) is 0 Å². The Kier molecular flexibility index (Phi) is 4.02. The number of anilines is 1. The minimum absolute atomic E-state index is 0.188. The molecule has 0 atom stereocenters. The highest BCUT2D eigenvalue weighted by molar-refractivity contribution is 5.76. The molecule has 3 nitrogen and oxygen atoms in total. The van der Waals surface area contributed by atoms with Crippen molar-refractivity contribution < 1.29 is 4.79 Å². The van der Waals surface area contributed by atoms with Crippen molar-refractivity contribution in [2.45, 2.75) is 26.2 Å². The third-order valence-corrected chi connectivity index (χ3v) is 3.25. The lowest BCUT2D eigenvalue weighted by atomic mass is 10.1. The minimum Gasteiger partial charge on any atom is -0.370 e. The lowest BCUT2D eigenvalue weighted by Crippen LogP contribution is -2.39. The van der Waals surface area contributed by atoms with E-state index in [2.05, 4.69) is 41.4 Å². The molecule has 0 aliphatic carbocycles. The van der Waals surface area contributed by atoms with Crippen LogP contribution in [0, 0.1) is 0 Å². The third kappa shape index (κ3) is 2.99. The quantitative estimate of drug-likeness (QED) is 0.845. The number of aryl methyl sites for hydroxylation is 1. The maximum atomic E-state index is 11.3. The molecule has 3 heteroatoms. The normalized spacial score (nSPS) is 17.2. The first-order valence-corrected chi connectivity index (χ1v) is 6.41. The number of hydrogen-bond donors (Lipinski definition) is 1. The van der Waals surface area contributed by atoms with Gasteiger partial charge in [-0.15, -0.1) is 0 Å². The summed E-state index contributed by atoms with van der Waals surface area (Å²) in [5.74, 6) is 0.188. The Morgan fingerprint density at radius 1 is 1.29 bits per heavy atom. The molecule has 1 amide bonds. The molecule has 0 spiro atoms. The van der Waals surface area contributed by atoms with Gasteiger partial charge in [0.05, 0.1) is 0 Å². The number of para-hydroxylation sites is 1. The van der Waals surface area contributed by atoms with Crippen LogP contribution in [-0.2, 0) is 11.2 Å². The molecule has 1 aliphatic rings. The topological polar surface area (TPSA) is 32.3 Å². The molecule has 1 aromatic carbocycles. The standard InChI is InChI=1S/C14H20N2O/c1-2-12-6-3-4-7-13(12)16-10-5-8-14(17)15-9-11-16/h3-4,6-7H,2,5,8-11H2,1H3,(H,15,17). The summed E-state index contributed by atoms with van der Waals surface area (Å²) in [6.45, 7) is 4.81. The smallest absolute Gasteiger partial charge is 0.220 e. The fourth-order valence-corrected chi connectivity index (χ4v) is 2.32. The van der Waals surface area contributed by atoms with E-state index in [1.807, 2.05) is 0 Å². The molecule has 1 heterocycles. The first-order chi connectivity index (χ1) is 8.31. The van der Waals surface area contributed by atoms with E-state index >= 15 is 0 Å². The van der Waals surface area contributed by atoms with E-state index in [0.29, 0.717) is 6.42 Å². The molecule has 0 radical (unpaired) electrons. The van der Waals surface area contributed by atoms with Crippen molar-refractivity contribution in [3.05, 3.63) is 29.8 Å². The van der Waals surface area contributed by atoms with Gasteiger partial charge in [0.15, 0.2) is 0 Å². The number of benzene rings is 1. The second kappa shape index (κ2) is 5.71. The van der Waals surface area contributed by atoms with Crippen LogP contribution in [0.1, 0.15) is 25.3 Å². The van der Waals surface area contributed by atoms with E-state index in [1.54, 1.807) is 0 Å². The molecule has 1 aliphatic heterocycles. The lowest BCUT2D eigenvalue weighted by Gasteiger charge is -2.28. The molecule has 92 valence electrons. The van der Waals surface area contributed by atoms with Gasteiger partial charge in [-0.2, -0.15) is 0 Å². The average molecular weight is 232 g/mol. The zero-order chi connectivity index (χ0) is 12.1. The van der Waals surface area contributed by atoms with Crippen LogP contribution in [-0.4, -0.2) is 25.5 Å². The summed E-state index contributed by atoms with van der Waals surface area (Å²) >= 11 is 0. The van der Waals surface area contributed by atoms with Gasteiger partial charge < -0.3 is 10.2 Å². The number of hydrogen-bond acceptors (Lipinski definition) is 2. The Balaban J connectivity index is 2.12. The number of carbonyl (C=O) groups is 1. The number of amides is 1. The summed E-state index contributed by atoms with van der Waals surface area (Å²) in [6.07, 6.45) is 2.63. The van der Waals surface area contributed by atoms with E-state index in [1.165, 1.54) is 11.3 Å². The number of carbonyl (C=O) groups excluding carboxylic acids is 1. The molecular weight excluding hydrogens is 212 g/mol. The summed E-state index contributed by atoms with van der Waals surface area (Å²) in [4.78, 5) is 13.7. The van der Waals surface area contributed by atoms with Crippen LogP contribution in [0.2, 0.25) is 0 Å². The molecular formula is C14H20N2O. The first kappa shape index (κ1) is 12.0. The van der Waals surface area contributed by atoms with Crippen molar-refractivity contribution >= 4 is 11.6 Å². The fourth-order valence-electron chi connectivity index (χ4n) is 2.32. The fraction of sp³-hybridized carbons (Fsp3) is 0.500. The Labute approximate surface area is 103 Å². The summed E-state index contributed by atoms with van der Waals surface area (Å²) in [7, 11) is 0. The first-order valence-electron chi connectivity index (χ1n) is 6.41. The maximum Gasteiger partial charge on any atom is 0.220 e. The third-order valence-electron chi connectivity index (χ3n) is 3.25. The van der Waals surface area contributed by atoms with E-state index in [9.17, 15) is 4.79 Å². The van der Waals surface area contributed by atoms with Crippen molar-refractivity contribution in [2.75, 3.05) is 24.5 Å². The SMILES string of the molecule is CCc1ccccc1N1CCCC(=O)NCC1. The van der Waals surface area contributed by atoms with Crippen molar-refractivity contribution in [2.24, 2.45) is 0 Å². The van der Waals surface area contributed by atoms with Gasteiger partial charge in [0.1, 0.15) is 0 Å². The molecule has 1 fully saturated rings. The van der Waals surface area contributed by atoms with Gasteiger partial charge in [-0.1, -0.05) is 25.1 Å². The zero-order valence-corrected chi connectivity index (χ0v) is 10.4. The van der Waals surface area contributed by atoms with Crippen LogP contribution >= 0.6 is 0 Å². The van der Waals surface area contributed by atoms with Crippen molar-refractivity contribution in [3.8, 4) is 0 Å². The Morgan fingerprint density at radius 2 is 2.12 bits per heavy atom. The van der Waals surface area contributed by atoms with Gasteiger partial charge in [0.2, 0.25) is 5.91 Å². The van der Waals surface area contributed by atoms with E-state index < -0.39 is 0 Å². The average Bonchev–Trinajstić information content (AvgIpc) is 2.34. The Morgan fingerprint density at radius 3 is 2.94 bits per heavy atom. The summed E-state index contributed by atoms with van der Waals surface area (Å²) in [5.41, 5.74) is 2.71. The second-order valence-electron chi connectivity index (χ2n) is 4.42. The zero-order valence-electron chi connectivity index (χ0n) is 10.4. The van der Waals surface area contributed by atoms with E-state index in [-0.39, 0.29) is 5.91 Å². The molecule has 0 unspecified atom stereocenters. The van der Waals surface area contributed by atoms with Gasteiger partial charge in [0.25, 0.3) is 0 Å². The molecule has 0 aromatic heterocycles. The molecule has 2 rings (SSSR count). The van der Waals surface area contributed by atoms with Gasteiger partial charge >= 0.3 is 0 Å². The van der Waals surface area contributed by atoms with Gasteiger partial charge in [-0.3, -0.25) is 4.79 Å². The van der Waals surface area contributed by atoms with Crippen LogP contribution < -0.4 is 10.2 Å². The molecule has 1 saturated heterocycles. The Bertz CT molecular complexity index is 378. The van der Waals surface area contributed by atoms with Crippen LogP contribution in [0.5, 0.6) is 0 Å². The highest BCUT2D eigenvalue weighted by Crippen LogP contribution is 2.21. The largest absolute Gasteiger partial charge is 0.370 e. The van der Waals surface area contributed by atoms with Gasteiger partial charge in [-0.25, -0.2) is 0 Å². The molecule has 1 aromatic rings. The van der Waals surface area contributed by atoms with Crippen molar-refractivity contribution in [1.82, 2.24) is 5.32 Å². The van der Waals surface area contributed by atoms with Crippen LogP contribution in [0.25, 0.3) is 0 Å². The molecule has 1 N–H and O–H groups in total.